The van der Waals surface area contributed by atoms with Crippen LogP contribution in [-0.2, 0) is 0 Å². The summed E-state index contributed by atoms with van der Waals surface area (Å²) in [6.45, 7) is 7.81. The fourth-order valence-electron chi connectivity index (χ4n) is 3.12. The Labute approximate surface area is 134 Å². The third-order valence-electron chi connectivity index (χ3n) is 4.01. The zero-order valence-electron chi connectivity index (χ0n) is 12.1. The molecule has 3 aromatic rings. The van der Waals surface area contributed by atoms with Gasteiger partial charge in [-0.2, -0.15) is 0 Å². The lowest BCUT2D eigenvalue weighted by atomic mass is 9.94. The first kappa shape index (κ1) is 13.1. The van der Waals surface area contributed by atoms with Crippen LogP contribution < -0.4 is 4.90 Å². The van der Waals surface area contributed by atoms with Crippen molar-refractivity contribution in [1.82, 2.24) is 0 Å². The average Bonchev–Trinajstić information content (AvgIpc) is 2.99. The Balaban J connectivity index is 2.13. The first-order valence-corrected chi connectivity index (χ1v) is 8.08. The summed E-state index contributed by atoms with van der Waals surface area (Å²) in [5, 5.41) is 3.55. The molecule has 0 fully saturated rings. The van der Waals surface area contributed by atoms with Gasteiger partial charge in [-0.05, 0) is 29.8 Å². The highest BCUT2D eigenvalue weighted by Crippen LogP contribution is 2.51. The molecular formula is C20H15NS. The summed E-state index contributed by atoms with van der Waals surface area (Å²) in [4.78, 5) is 2.27. The predicted molar refractivity (Wildman–Crippen MR) is 97.9 cm³/mol. The maximum atomic E-state index is 3.98. The monoisotopic (exact) mass is 301 g/mol. The van der Waals surface area contributed by atoms with Crippen LogP contribution in [0.5, 0.6) is 0 Å². The lowest BCUT2D eigenvalue weighted by Gasteiger charge is -2.32. The molecule has 106 valence electrons. The maximum absolute atomic E-state index is 3.98. The van der Waals surface area contributed by atoms with Crippen molar-refractivity contribution in [2.24, 2.45) is 0 Å². The van der Waals surface area contributed by atoms with Crippen LogP contribution in [0.1, 0.15) is 0 Å². The highest BCUT2D eigenvalue weighted by atomic mass is 32.1. The van der Waals surface area contributed by atoms with Gasteiger partial charge in [0.25, 0.3) is 0 Å². The van der Waals surface area contributed by atoms with E-state index in [1.165, 1.54) is 32.6 Å². The molecule has 0 bridgehead atoms. The Morgan fingerprint density at radius 1 is 0.955 bits per heavy atom. The van der Waals surface area contributed by atoms with Crippen molar-refractivity contribution in [3.63, 3.8) is 0 Å². The Kier molecular flexibility index (Phi) is 2.98. The van der Waals surface area contributed by atoms with E-state index in [9.17, 15) is 0 Å². The molecular weight excluding hydrogens is 286 g/mol. The van der Waals surface area contributed by atoms with Crippen molar-refractivity contribution >= 4 is 32.8 Å². The van der Waals surface area contributed by atoms with E-state index in [1.54, 1.807) is 11.3 Å². The van der Waals surface area contributed by atoms with E-state index in [0.29, 0.717) is 0 Å². The van der Waals surface area contributed by atoms with Crippen molar-refractivity contribution in [3.8, 4) is 11.1 Å². The van der Waals surface area contributed by atoms with E-state index in [4.69, 9.17) is 0 Å². The number of allylic oxidation sites excluding steroid dienone is 3. The van der Waals surface area contributed by atoms with Crippen LogP contribution >= 0.6 is 11.3 Å². The smallest absolute Gasteiger partial charge is 0.0653 e. The van der Waals surface area contributed by atoms with Gasteiger partial charge in [-0.1, -0.05) is 49.6 Å². The molecule has 0 spiro atoms. The van der Waals surface area contributed by atoms with Gasteiger partial charge in [0.15, 0.2) is 0 Å². The van der Waals surface area contributed by atoms with Gasteiger partial charge in [0.1, 0.15) is 0 Å². The molecule has 1 aliphatic rings. The van der Waals surface area contributed by atoms with Crippen molar-refractivity contribution < 1.29 is 0 Å². The number of thiophene rings is 1. The van der Waals surface area contributed by atoms with Gasteiger partial charge in [-0.25, -0.2) is 0 Å². The second-order valence-corrected chi connectivity index (χ2v) is 6.09. The molecule has 0 radical (unpaired) electrons. The Hall–Kier alpha value is -2.58. The van der Waals surface area contributed by atoms with E-state index in [-0.39, 0.29) is 0 Å². The third-order valence-corrected chi connectivity index (χ3v) is 4.95. The maximum Gasteiger partial charge on any atom is 0.0653 e. The topological polar surface area (TPSA) is 3.24 Å². The second-order valence-electron chi connectivity index (χ2n) is 5.18. The average molecular weight is 301 g/mol. The Bertz CT molecular complexity index is 930. The minimum absolute atomic E-state index is 1.04. The molecule has 2 heterocycles. The van der Waals surface area contributed by atoms with Crippen LogP contribution in [-0.4, -0.2) is 0 Å². The number of hydrogen-bond acceptors (Lipinski definition) is 2. The zero-order valence-corrected chi connectivity index (χ0v) is 12.9. The third kappa shape index (κ3) is 1.71. The number of rotatable bonds is 3. The summed E-state index contributed by atoms with van der Waals surface area (Å²) < 4.78 is 1.31. The highest BCUT2D eigenvalue weighted by Gasteiger charge is 2.26. The van der Waals surface area contributed by atoms with Gasteiger partial charge in [-0.15, -0.1) is 11.3 Å². The van der Waals surface area contributed by atoms with Gasteiger partial charge in [-0.3, -0.25) is 0 Å². The van der Waals surface area contributed by atoms with E-state index >= 15 is 0 Å². The number of anilines is 2. The lowest BCUT2D eigenvalue weighted by Crippen LogP contribution is -2.18. The van der Waals surface area contributed by atoms with Crippen LogP contribution in [0, 0.1) is 0 Å². The minimum atomic E-state index is 1.04. The molecule has 0 amide bonds. The molecule has 0 unspecified atom stereocenters. The Morgan fingerprint density at radius 3 is 2.59 bits per heavy atom. The molecule has 0 N–H and O–H groups in total. The lowest BCUT2D eigenvalue weighted by molar-refractivity contribution is 1.22. The first-order valence-electron chi connectivity index (χ1n) is 7.20. The van der Waals surface area contributed by atoms with Gasteiger partial charge in [0.2, 0.25) is 0 Å². The molecule has 2 aromatic carbocycles. The molecule has 0 atom stereocenters. The zero-order chi connectivity index (χ0) is 15.1. The number of nitrogens with zero attached hydrogens (tertiary/aromatic N) is 1. The van der Waals surface area contributed by atoms with Crippen LogP contribution in [0.4, 0.5) is 11.4 Å². The summed E-state index contributed by atoms with van der Waals surface area (Å²) in [7, 11) is 0. The van der Waals surface area contributed by atoms with Crippen molar-refractivity contribution in [3.05, 3.63) is 84.9 Å². The molecule has 1 nitrogen and oxygen atoms in total. The number of fused-ring (bicyclic) bond motifs is 2. The van der Waals surface area contributed by atoms with Gasteiger partial charge < -0.3 is 4.90 Å². The van der Waals surface area contributed by atoms with E-state index in [0.717, 1.165) is 5.70 Å². The summed E-state index contributed by atoms with van der Waals surface area (Å²) in [5.74, 6) is 0. The van der Waals surface area contributed by atoms with Crippen molar-refractivity contribution in [2.45, 2.75) is 0 Å². The largest absolute Gasteiger partial charge is 0.308 e. The van der Waals surface area contributed by atoms with E-state index in [2.05, 4.69) is 65.9 Å². The standard InChI is InChI=1S/C20H15NS/c1-3-8-14(4-2)21-17-11-6-5-9-15(17)16-10-7-12-19-20(16)18(21)13-22-19/h3-13H,1-2H2/b14-8+. The quantitative estimate of drug-likeness (QED) is 0.515. The highest BCUT2D eigenvalue weighted by molar-refractivity contribution is 7.18. The Morgan fingerprint density at radius 2 is 1.77 bits per heavy atom. The summed E-state index contributed by atoms with van der Waals surface area (Å²) in [5.41, 5.74) is 6.02. The fraction of sp³-hybridized carbons (Fsp3) is 0. The molecule has 0 saturated heterocycles. The summed E-state index contributed by atoms with van der Waals surface area (Å²) >= 11 is 1.78. The van der Waals surface area contributed by atoms with Crippen molar-refractivity contribution in [2.75, 3.05) is 4.90 Å². The number of benzene rings is 2. The van der Waals surface area contributed by atoms with Crippen LogP contribution in [0.2, 0.25) is 0 Å². The van der Waals surface area contributed by atoms with Gasteiger partial charge in [0.05, 0.1) is 11.4 Å². The van der Waals surface area contributed by atoms with E-state index in [1.807, 2.05) is 18.2 Å². The van der Waals surface area contributed by atoms with Crippen LogP contribution in [0.25, 0.3) is 21.2 Å². The SMILES string of the molecule is C=C/C=C(\C=C)N1c2ccccc2-c2cccc3scc1c23. The fourth-order valence-corrected chi connectivity index (χ4v) is 4.07. The van der Waals surface area contributed by atoms with Crippen LogP contribution in [0.3, 0.4) is 0 Å². The molecule has 22 heavy (non-hydrogen) atoms. The molecule has 2 heteroatoms. The minimum Gasteiger partial charge on any atom is -0.308 e. The van der Waals surface area contributed by atoms with Gasteiger partial charge >= 0.3 is 0 Å². The molecule has 1 aromatic heterocycles. The predicted octanol–water partition coefficient (Wildman–Crippen LogP) is 6.28. The molecule has 4 rings (SSSR count). The van der Waals surface area contributed by atoms with E-state index < -0.39 is 0 Å². The van der Waals surface area contributed by atoms with Crippen molar-refractivity contribution in [1.29, 1.82) is 0 Å². The second kappa shape index (κ2) is 5.00. The van der Waals surface area contributed by atoms with Crippen LogP contribution in [0.15, 0.2) is 84.9 Å². The normalized spacial score (nSPS) is 13.1. The molecule has 0 saturated carbocycles. The molecule has 1 aliphatic heterocycles. The number of hydrogen-bond donors (Lipinski definition) is 0. The molecule has 0 aliphatic carbocycles. The van der Waals surface area contributed by atoms with Gasteiger partial charge in [0, 0.05) is 26.7 Å². The summed E-state index contributed by atoms with van der Waals surface area (Å²) in [6, 6.07) is 15.1. The number of para-hydroxylation sites is 1. The summed E-state index contributed by atoms with van der Waals surface area (Å²) in [6.07, 6.45) is 5.70. The first-order chi connectivity index (χ1) is 10.8.